The molecule has 0 saturated heterocycles. The van der Waals surface area contributed by atoms with Crippen molar-refractivity contribution in [3.63, 3.8) is 0 Å². The number of fused-ring (bicyclic) bond motifs is 4. The van der Waals surface area contributed by atoms with Gasteiger partial charge in [0.15, 0.2) is 12.2 Å². The molecular weight excluding hydrogens is 206 g/mol. The van der Waals surface area contributed by atoms with Crippen LogP contribution in [0.4, 0.5) is 0 Å². The van der Waals surface area contributed by atoms with Crippen molar-refractivity contribution in [1.29, 1.82) is 0 Å². The second-order valence-electron chi connectivity index (χ2n) is 5.33. The predicted octanol–water partition coefficient (Wildman–Crippen LogP) is 3.19. The summed E-state index contributed by atoms with van der Waals surface area (Å²) in [7, 11) is 0. The zero-order valence-corrected chi connectivity index (χ0v) is 10.1. The lowest BCUT2D eigenvalue weighted by atomic mass is 10.0. The first-order valence-corrected chi connectivity index (χ1v) is 6.48. The summed E-state index contributed by atoms with van der Waals surface area (Å²) in [6.07, 6.45) is 6.14. The molecule has 1 aliphatic heterocycles. The number of pyridine rings is 1. The molecule has 2 bridgehead atoms. The zero-order chi connectivity index (χ0) is 11.4. The van der Waals surface area contributed by atoms with E-state index in [1.54, 1.807) is 5.56 Å². The number of nitrogens with zero attached hydrogens (tertiary/aromatic N) is 1. The standard InChI is InChI=1S/C16H16N/c1-11-5-8-16-13-7-6-12-3-2-4-15(14(13)9-12)17(16)10-11/h5-10,15H,2-4H2,1H3/q+1. The number of benzene rings is 1. The molecule has 4 rings (SSSR count). The molecule has 17 heavy (non-hydrogen) atoms. The van der Waals surface area contributed by atoms with E-state index in [1.807, 2.05) is 0 Å². The SMILES string of the molecule is Cc1ccc2[n+](c1)C1CCCc3ccc-2c1c3. The third kappa shape index (κ3) is 1.22. The minimum atomic E-state index is 0.586. The molecule has 2 aliphatic rings. The molecular formula is C16H16N+. The summed E-state index contributed by atoms with van der Waals surface area (Å²) in [5.41, 5.74) is 7.25. The Kier molecular flexibility index (Phi) is 1.77. The van der Waals surface area contributed by atoms with E-state index in [1.165, 1.54) is 41.6 Å². The highest BCUT2D eigenvalue weighted by Gasteiger charge is 2.37. The van der Waals surface area contributed by atoms with Crippen LogP contribution in [0.5, 0.6) is 0 Å². The van der Waals surface area contributed by atoms with E-state index in [0.717, 1.165) is 0 Å². The van der Waals surface area contributed by atoms with Crippen molar-refractivity contribution in [2.24, 2.45) is 0 Å². The Balaban J connectivity index is 2.05. The van der Waals surface area contributed by atoms with Crippen molar-refractivity contribution in [3.05, 3.63) is 53.2 Å². The van der Waals surface area contributed by atoms with E-state index < -0.39 is 0 Å². The number of hydrogen-bond acceptors (Lipinski definition) is 0. The normalized spacial score (nSPS) is 19.9. The van der Waals surface area contributed by atoms with Crippen molar-refractivity contribution >= 4 is 0 Å². The van der Waals surface area contributed by atoms with Crippen LogP contribution in [0.1, 0.15) is 35.6 Å². The molecule has 1 heteroatoms. The Hall–Kier alpha value is -1.63. The third-order valence-electron chi connectivity index (χ3n) is 4.15. The lowest BCUT2D eigenvalue weighted by Gasteiger charge is -2.05. The van der Waals surface area contributed by atoms with Gasteiger partial charge in [0.25, 0.3) is 0 Å². The van der Waals surface area contributed by atoms with Gasteiger partial charge in [-0.2, -0.15) is 4.57 Å². The average Bonchev–Trinajstić information content (AvgIpc) is 2.53. The molecule has 0 saturated carbocycles. The maximum atomic E-state index is 2.48. The Bertz CT molecular complexity index is 613. The molecule has 0 N–H and O–H groups in total. The Morgan fingerprint density at radius 2 is 2.12 bits per heavy atom. The summed E-state index contributed by atoms with van der Waals surface area (Å²) >= 11 is 0. The first-order chi connectivity index (χ1) is 8.33. The summed E-state index contributed by atoms with van der Waals surface area (Å²) in [5.74, 6) is 0. The lowest BCUT2D eigenvalue weighted by Crippen LogP contribution is -2.37. The van der Waals surface area contributed by atoms with E-state index in [9.17, 15) is 0 Å². The van der Waals surface area contributed by atoms with Crippen LogP contribution in [0.15, 0.2) is 36.5 Å². The fourth-order valence-electron chi connectivity index (χ4n) is 3.34. The molecule has 1 aromatic heterocycles. The van der Waals surface area contributed by atoms with E-state index in [4.69, 9.17) is 0 Å². The molecule has 0 amide bonds. The highest BCUT2D eigenvalue weighted by Crippen LogP contribution is 2.38. The number of rotatable bonds is 0. The third-order valence-corrected chi connectivity index (χ3v) is 4.15. The van der Waals surface area contributed by atoms with E-state index >= 15 is 0 Å². The summed E-state index contributed by atoms with van der Waals surface area (Å²) in [5, 5.41) is 0. The molecule has 2 heterocycles. The molecule has 1 atom stereocenters. The van der Waals surface area contributed by atoms with Gasteiger partial charge in [0.1, 0.15) is 0 Å². The molecule has 0 radical (unpaired) electrons. The van der Waals surface area contributed by atoms with Crippen LogP contribution >= 0.6 is 0 Å². The van der Waals surface area contributed by atoms with Crippen LogP contribution in [0, 0.1) is 6.92 Å². The van der Waals surface area contributed by atoms with Crippen molar-refractivity contribution in [3.8, 4) is 11.3 Å². The average molecular weight is 222 g/mol. The maximum absolute atomic E-state index is 2.48. The van der Waals surface area contributed by atoms with Crippen molar-refractivity contribution in [2.75, 3.05) is 0 Å². The fourth-order valence-corrected chi connectivity index (χ4v) is 3.34. The highest BCUT2D eigenvalue weighted by atomic mass is 15.0. The van der Waals surface area contributed by atoms with Crippen LogP contribution in [0.25, 0.3) is 11.3 Å². The van der Waals surface area contributed by atoms with Gasteiger partial charge in [-0.25, -0.2) is 0 Å². The lowest BCUT2D eigenvalue weighted by molar-refractivity contribution is -0.698. The summed E-state index contributed by atoms with van der Waals surface area (Å²) in [4.78, 5) is 0. The number of hydrogen-bond donors (Lipinski definition) is 0. The second-order valence-corrected chi connectivity index (χ2v) is 5.33. The first-order valence-electron chi connectivity index (χ1n) is 6.48. The highest BCUT2D eigenvalue weighted by molar-refractivity contribution is 5.65. The monoisotopic (exact) mass is 222 g/mol. The topological polar surface area (TPSA) is 3.88 Å². The molecule has 1 unspecified atom stereocenters. The predicted molar refractivity (Wildman–Crippen MR) is 67.9 cm³/mol. The van der Waals surface area contributed by atoms with E-state index in [-0.39, 0.29) is 0 Å². The summed E-state index contributed by atoms with van der Waals surface area (Å²) < 4.78 is 2.48. The largest absolute Gasteiger partial charge is 0.213 e. The Morgan fingerprint density at radius 3 is 3.06 bits per heavy atom. The minimum absolute atomic E-state index is 0.586. The molecule has 1 aliphatic carbocycles. The van der Waals surface area contributed by atoms with Crippen molar-refractivity contribution < 1.29 is 4.57 Å². The Labute approximate surface area is 102 Å². The summed E-state index contributed by atoms with van der Waals surface area (Å²) in [6.45, 7) is 2.18. The van der Waals surface area contributed by atoms with Crippen molar-refractivity contribution in [1.82, 2.24) is 0 Å². The first kappa shape index (κ1) is 9.41. The van der Waals surface area contributed by atoms with Gasteiger partial charge >= 0.3 is 0 Å². The van der Waals surface area contributed by atoms with Crippen molar-refractivity contribution in [2.45, 2.75) is 32.2 Å². The number of aromatic nitrogens is 1. The summed E-state index contributed by atoms with van der Waals surface area (Å²) in [6, 6.07) is 12.1. The molecule has 0 fully saturated rings. The Morgan fingerprint density at radius 1 is 1.18 bits per heavy atom. The van der Waals surface area contributed by atoms with E-state index in [0.29, 0.717) is 6.04 Å². The zero-order valence-electron chi connectivity index (χ0n) is 10.1. The van der Waals surface area contributed by atoms with Gasteiger partial charge in [-0.3, -0.25) is 0 Å². The second kappa shape index (κ2) is 3.19. The minimum Gasteiger partial charge on any atom is -0.191 e. The van der Waals surface area contributed by atoms with Gasteiger partial charge in [0.2, 0.25) is 5.69 Å². The number of aryl methyl sites for hydroxylation is 2. The van der Waals surface area contributed by atoms with Gasteiger partial charge in [-0.05, 0) is 43.5 Å². The molecule has 0 spiro atoms. The van der Waals surface area contributed by atoms with E-state index in [2.05, 4.69) is 48.0 Å². The van der Waals surface area contributed by atoms with Crippen LogP contribution in [-0.4, -0.2) is 0 Å². The van der Waals surface area contributed by atoms with Gasteiger partial charge in [0.05, 0.1) is 5.56 Å². The van der Waals surface area contributed by atoms with Gasteiger partial charge in [-0.15, -0.1) is 0 Å². The molecule has 84 valence electrons. The van der Waals surface area contributed by atoms with Crippen LogP contribution in [0.3, 0.4) is 0 Å². The van der Waals surface area contributed by atoms with Gasteiger partial charge in [-0.1, -0.05) is 6.07 Å². The van der Waals surface area contributed by atoms with Crippen LogP contribution in [0.2, 0.25) is 0 Å². The molecule has 1 aromatic carbocycles. The maximum Gasteiger partial charge on any atom is 0.213 e. The fraction of sp³-hybridized carbons (Fsp3) is 0.312. The van der Waals surface area contributed by atoms with Gasteiger partial charge in [0, 0.05) is 23.6 Å². The van der Waals surface area contributed by atoms with Gasteiger partial charge < -0.3 is 0 Å². The van der Waals surface area contributed by atoms with Crippen LogP contribution in [-0.2, 0) is 6.42 Å². The molecule has 1 nitrogen and oxygen atoms in total. The quantitative estimate of drug-likeness (QED) is 0.603. The van der Waals surface area contributed by atoms with Crippen LogP contribution < -0.4 is 4.57 Å². The smallest absolute Gasteiger partial charge is 0.191 e. The molecule has 2 aromatic rings.